The molecule has 0 heterocycles. The zero-order chi connectivity index (χ0) is 16.3. The quantitative estimate of drug-likeness (QED) is 0.825. The normalized spacial score (nSPS) is 17.1. The SMILES string of the molecule is CC(CC(=O)NC(CN)C1CC1)c1ccc(C(F)(F)F)cc1.Cl. The van der Waals surface area contributed by atoms with Crippen LogP contribution < -0.4 is 11.1 Å². The zero-order valence-electron chi connectivity index (χ0n) is 12.9. The Morgan fingerprint density at radius 2 is 1.87 bits per heavy atom. The molecule has 1 saturated carbocycles. The number of nitrogens with two attached hydrogens (primary N) is 1. The van der Waals surface area contributed by atoms with E-state index in [1.165, 1.54) is 12.1 Å². The molecule has 0 radical (unpaired) electrons. The summed E-state index contributed by atoms with van der Waals surface area (Å²) in [6.45, 7) is 2.25. The minimum absolute atomic E-state index is 0. The Bertz CT molecular complexity index is 515. The molecule has 2 unspecified atom stereocenters. The fraction of sp³-hybridized carbons (Fsp3) is 0.562. The van der Waals surface area contributed by atoms with E-state index in [4.69, 9.17) is 5.73 Å². The molecule has 130 valence electrons. The van der Waals surface area contributed by atoms with Gasteiger partial charge in [-0.25, -0.2) is 0 Å². The topological polar surface area (TPSA) is 55.1 Å². The molecule has 0 spiro atoms. The van der Waals surface area contributed by atoms with Crippen LogP contribution in [-0.2, 0) is 11.0 Å². The Morgan fingerprint density at radius 1 is 1.30 bits per heavy atom. The Kier molecular flexibility index (Phi) is 6.89. The van der Waals surface area contributed by atoms with Crippen molar-refractivity contribution >= 4 is 18.3 Å². The molecule has 1 aliphatic rings. The number of alkyl halides is 3. The van der Waals surface area contributed by atoms with Crippen molar-refractivity contribution in [3.05, 3.63) is 35.4 Å². The molecular weight excluding hydrogens is 329 g/mol. The van der Waals surface area contributed by atoms with Crippen molar-refractivity contribution in [3.8, 4) is 0 Å². The van der Waals surface area contributed by atoms with Gasteiger partial charge in [0.2, 0.25) is 5.91 Å². The van der Waals surface area contributed by atoms with Gasteiger partial charge < -0.3 is 11.1 Å². The van der Waals surface area contributed by atoms with Gasteiger partial charge in [0.1, 0.15) is 0 Å². The fourth-order valence-corrected chi connectivity index (χ4v) is 2.53. The summed E-state index contributed by atoms with van der Waals surface area (Å²) < 4.78 is 37.6. The summed E-state index contributed by atoms with van der Waals surface area (Å²) in [4.78, 5) is 12.0. The van der Waals surface area contributed by atoms with Crippen LogP contribution in [0.25, 0.3) is 0 Å². The molecule has 7 heteroatoms. The molecule has 3 N–H and O–H groups in total. The minimum Gasteiger partial charge on any atom is -0.352 e. The molecule has 0 aromatic heterocycles. The van der Waals surface area contributed by atoms with Gasteiger partial charge in [-0.3, -0.25) is 4.79 Å². The number of rotatable bonds is 6. The van der Waals surface area contributed by atoms with Crippen LogP contribution in [-0.4, -0.2) is 18.5 Å². The molecule has 1 aliphatic carbocycles. The maximum Gasteiger partial charge on any atom is 0.416 e. The van der Waals surface area contributed by atoms with Crippen molar-refractivity contribution in [2.24, 2.45) is 11.7 Å². The van der Waals surface area contributed by atoms with E-state index in [9.17, 15) is 18.0 Å². The summed E-state index contributed by atoms with van der Waals surface area (Å²) in [5, 5.41) is 2.92. The average Bonchev–Trinajstić information content (AvgIpc) is 3.28. The molecule has 2 atom stereocenters. The van der Waals surface area contributed by atoms with Crippen LogP contribution in [0.2, 0.25) is 0 Å². The van der Waals surface area contributed by atoms with Gasteiger partial charge in [0.25, 0.3) is 0 Å². The lowest BCUT2D eigenvalue weighted by Crippen LogP contribution is -2.42. The number of benzene rings is 1. The number of amides is 1. The minimum atomic E-state index is -4.34. The number of hydrogen-bond acceptors (Lipinski definition) is 2. The zero-order valence-corrected chi connectivity index (χ0v) is 13.7. The first-order chi connectivity index (χ1) is 10.3. The molecular formula is C16H22ClF3N2O. The second-order valence-corrected chi connectivity index (χ2v) is 5.97. The van der Waals surface area contributed by atoms with Crippen molar-refractivity contribution in [1.82, 2.24) is 5.32 Å². The highest BCUT2D eigenvalue weighted by molar-refractivity contribution is 5.85. The van der Waals surface area contributed by atoms with Crippen LogP contribution in [0.1, 0.15) is 43.2 Å². The molecule has 0 aliphatic heterocycles. The van der Waals surface area contributed by atoms with Crippen LogP contribution in [0.15, 0.2) is 24.3 Å². The lowest BCUT2D eigenvalue weighted by Gasteiger charge is -2.18. The highest BCUT2D eigenvalue weighted by atomic mass is 35.5. The first kappa shape index (κ1) is 19.8. The summed E-state index contributed by atoms with van der Waals surface area (Å²) >= 11 is 0. The van der Waals surface area contributed by atoms with E-state index in [0.717, 1.165) is 30.5 Å². The second-order valence-electron chi connectivity index (χ2n) is 5.97. The first-order valence-electron chi connectivity index (χ1n) is 7.48. The summed E-state index contributed by atoms with van der Waals surface area (Å²) in [5.74, 6) is 0.241. The van der Waals surface area contributed by atoms with Crippen LogP contribution in [0.5, 0.6) is 0 Å². The predicted molar refractivity (Wildman–Crippen MR) is 85.4 cm³/mol. The highest BCUT2D eigenvalue weighted by Gasteiger charge is 2.32. The third kappa shape index (κ3) is 5.70. The molecule has 0 saturated heterocycles. The van der Waals surface area contributed by atoms with E-state index < -0.39 is 11.7 Å². The number of hydrogen-bond donors (Lipinski definition) is 2. The summed E-state index contributed by atoms with van der Waals surface area (Å²) in [7, 11) is 0. The molecule has 23 heavy (non-hydrogen) atoms. The van der Waals surface area contributed by atoms with E-state index in [-0.39, 0.29) is 36.7 Å². The smallest absolute Gasteiger partial charge is 0.352 e. The predicted octanol–water partition coefficient (Wildman–Crippen LogP) is 3.47. The second kappa shape index (κ2) is 8.02. The van der Waals surface area contributed by atoms with Crippen molar-refractivity contribution in [3.63, 3.8) is 0 Å². The maximum atomic E-state index is 12.5. The Morgan fingerprint density at radius 3 is 2.30 bits per heavy atom. The van der Waals surface area contributed by atoms with E-state index >= 15 is 0 Å². The van der Waals surface area contributed by atoms with Crippen LogP contribution in [0.4, 0.5) is 13.2 Å². The van der Waals surface area contributed by atoms with E-state index in [0.29, 0.717) is 12.5 Å². The lowest BCUT2D eigenvalue weighted by molar-refractivity contribution is -0.137. The van der Waals surface area contributed by atoms with Gasteiger partial charge in [0.05, 0.1) is 5.56 Å². The third-order valence-corrected chi connectivity index (χ3v) is 4.09. The van der Waals surface area contributed by atoms with Gasteiger partial charge in [-0.1, -0.05) is 19.1 Å². The lowest BCUT2D eigenvalue weighted by atomic mass is 9.96. The molecule has 1 amide bonds. The van der Waals surface area contributed by atoms with Gasteiger partial charge in [0, 0.05) is 19.0 Å². The molecule has 0 bridgehead atoms. The molecule has 1 aromatic carbocycles. The van der Waals surface area contributed by atoms with Crippen LogP contribution in [0, 0.1) is 5.92 Å². The van der Waals surface area contributed by atoms with Gasteiger partial charge in [-0.15, -0.1) is 12.4 Å². The van der Waals surface area contributed by atoms with E-state index in [1.54, 1.807) is 0 Å². The van der Waals surface area contributed by atoms with Crippen molar-refractivity contribution in [1.29, 1.82) is 0 Å². The van der Waals surface area contributed by atoms with Gasteiger partial charge in [-0.05, 0) is 42.4 Å². The number of halogens is 4. The van der Waals surface area contributed by atoms with Gasteiger partial charge in [0.15, 0.2) is 0 Å². The highest BCUT2D eigenvalue weighted by Crippen LogP contribution is 2.33. The largest absolute Gasteiger partial charge is 0.416 e. The molecule has 1 fully saturated rings. The Labute approximate surface area is 140 Å². The number of carbonyl (C=O) groups excluding carboxylic acids is 1. The van der Waals surface area contributed by atoms with Crippen molar-refractivity contribution < 1.29 is 18.0 Å². The first-order valence-corrected chi connectivity index (χ1v) is 7.48. The van der Waals surface area contributed by atoms with Gasteiger partial charge in [-0.2, -0.15) is 13.2 Å². The molecule has 3 nitrogen and oxygen atoms in total. The molecule has 2 rings (SSSR count). The van der Waals surface area contributed by atoms with Crippen molar-refractivity contribution in [2.45, 2.75) is 44.3 Å². The number of nitrogens with one attached hydrogen (secondary N) is 1. The summed E-state index contributed by atoms with van der Waals surface area (Å²) in [5.41, 5.74) is 5.69. The molecule has 1 aromatic rings. The Hall–Kier alpha value is -1.27. The summed E-state index contributed by atoms with van der Waals surface area (Å²) in [6.07, 6.45) is -1.90. The summed E-state index contributed by atoms with van der Waals surface area (Å²) in [6, 6.07) is 4.99. The van der Waals surface area contributed by atoms with E-state index in [1.807, 2.05) is 6.92 Å². The monoisotopic (exact) mass is 350 g/mol. The third-order valence-electron chi connectivity index (χ3n) is 4.09. The van der Waals surface area contributed by atoms with Crippen LogP contribution >= 0.6 is 12.4 Å². The standard InChI is InChI=1S/C16H21F3N2O.ClH/c1-10(8-15(22)21-14(9-20)12-2-3-12)11-4-6-13(7-5-11)16(17,18)19;/h4-7,10,12,14H,2-3,8-9,20H2,1H3,(H,21,22);1H. The van der Waals surface area contributed by atoms with Gasteiger partial charge >= 0.3 is 6.18 Å². The average molecular weight is 351 g/mol. The fourth-order valence-electron chi connectivity index (χ4n) is 2.53. The van der Waals surface area contributed by atoms with Crippen LogP contribution in [0.3, 0.4) is 0 Å². The number of carbonyl (C=O) groups is 1. The maximum absolute atomic E-state index is 12.5. The van der Waals surface area contributed by atoms with E-state index in [2.05, 4.69) is 5.32 Å². The Balaban J connectivity index is 0.00000264. The van der Waals surface area contributed by atoms with Crippen molar-refractivity contribution in [2.75, 3.05) is 6.54 Å².